The first kappa shape index (κ1) is 40.9. The molecule has 0 radical (unpaired) electrons. The Morgan fingerprint density at radius 2 is 0.776 bits per heavy atom. The maximum atomic E-state index is 6.40. The molecule has 0 N–H and O–H groups in total. The first-order chi connectivity index (χ1) is 27.6. The normalized spacial score (nSPS) is 18.4. The van der Waals surface area contributed by atoms with Crippen molar-refractivity contribution in [3.05, 3.63) is 83.9 Å². The lowest BCUT2D eigenvalue weighted by Gasteiger charge is -2.32. The van der Waals surface area contributed by atoms with Crippen molar-refractivity contribution in [2.24, 2.45) is 0 Å². The molecule has 0 unspecified atom stereocenters. The van der Waals surface area contributed by atoms with Crippen LogP contribution in [0.2, 0.25) is 0 Å². The van der Waals surface area contributed by atoms with Gasteiger partial charge in [0, 0.05) is 21.9 Å². The number of hydrogen-bond donors (Lipinski definition) is 0. The fourth-order valence-corrected chi connectivity index (χ4v) is 8.77. The predicted molar refractivity (Wildman–Crippen MR) is 244 cm³/mol. The number of pyridine rings is 2. The van der Waals surface area contributed by atoms with Crippen LogP contribution in [0.25, 0.3) is 55.1 Å². The van der Waals surface area contributed by atoms with Gasteiger partial charge in [-0.3, -0.25) is 0 Å². The Morgan fingerprint density at radius 3 is 1.10 bits per heavy atom. The second-order valence-corrected chi connectivity index (χ2v) is 18.9. The maximum Gasteiger partial charge on any atom is 0.494 e. The molecule has 302 valence electrons. The lowest BCUT2D eigenvalue weighted by molar-refractivity contribution is 0.00578. The minimum atomic E-state index is -0.396. The van der Waals surface area contributed by atoms with Crippen molar-refractivity contribution >= 4 is 57.7 Å². The molecule has 2 aliphatic rings. The van der Waals surface area contributed by atoms with Gasteiger partial charge in [-0.15, -0.1) is 0 Å². The van der Waals surface area contributed by atoms with Gasteiger partial charge in [0.25, 0.3) is 0 Å². The zero-order chi connectivity index (χ0) is 41.0. The van der Waals surface area contributed by atoms with Crippen molar-refractivity contribution in [1.82, 2.24) is 9.97 Å². The molecule has 0 spiro atoms. The maximum absolute atomic E-state index is 6.40. The van der Waals surface area contributed by atoms with Gasteiger partial charge in [0.15, 0.2) is 0 Å². The van der Waals surface area contributed by atoms with Gasteiger partial charge in [-0.05, 0) is 126 Å². The molecule has 0 saturated carbocycles. The second kappa shape index (κ2) is 15.7. The molecule has 8 heteroatoms. The Labute approximate surface area is 347 Å². The highest BCUT2D eigenvalue weighted by Gasteiger charge is 2.52. The van der Waals surface area contributed by atoms with E-state index in [2.05, 4.69) is 142 Å². The molecule has 0 bridgehead atoms. The van der Waals surface area contributed by atoms with Gasteiger partial charge in [-0.2, -0.15) is 0 Å². The van der Waals surface area contributed by atoms with Gasteiger partial charge >= 0.3 is 14.2 Å². The van der Waals surface area contributed by atoms with E-state index >= 15 is 0 Å². The van der Waals surface area contributed by atoms with E-state index in [1.165, 1.54) is 71.2 Å². The van der Waals surface area contributed by atoms with Crippen molar-refractivity contribution in [3.63, 3.8) is 0 Å². The van der Waals surface area contributed by atoms with Gasteiger partial charge in [0.2, 0.25) is 0 Å². The van der Waals surface area contributed by atoms with Crippen molar-refractivity contribution in [2.75, 3.05) is 0 Å². The smallest absolute Gasteiger partial charge is 0.399 e. The molecule has 6 aromatic rings. The highest BCUT2D eigenvalue weighted by molar-refractivity contribution is 6.62. The molecule has 8 rings (SSSR count). The van der Waals surface area contributed by atoms with Gasteiger partial charge in [-0.25, -0.2) is 9.97 Å². The fourth-order valence-electron chi connectivity index (χ4n) is 8.77. The number of nitrogens with zero attached hydrogens (tertiary/aromatic N) is 2. The molecular formula is C50H62B2N2O4. The third-order valence-corrected chi connectivity index (χ3v) is 13.8. The lowest BCUT2D eigenvalue weighted by atomic mass is 9.78. The van der Waals surface area contributed by atoms with Crippen LogP contribution in [0.3, 0.4) is 0 Å². The first-order valence-electron chi connectivity index (χ1n) is 22.1. The van der Waals surface area contributed by atoms with E-state index in [4.69, 9.17) is 28.6 Å². The summed E-state index contributed by atoms with van der Waals surface area (Å²) in [7, 11) is -0.791. The van der Waals surface area contributed by atoms with Crippen LogP contribution in [0, 0.1) is 0 Å². The molecule has 4 aromatic carbocycles. The van der Waals surface area contributed by atoms with E-state index in [1.54, 1.807) is 0 Å². The molecule has 2 fully saturated rings. The highest BCUT2D eigenvalue weighted by atomic mass is 16.7. The molecule has 0 amide bonds. The first-order valence-corrected chi connectivity index (χ1v) is 22.1. The van der Waals surface area contributed by atoms with E-state index < -0.39 is 14.2 Å². The van der Waals surface area contributed by atoms with Gasteiger partial charge < -0.3 is 18.6 Å². The van der Waals surface area contributed by atoms with E-state index in [9.17, 15) is 0 Å². The zero-order valence-electron chi connectivity index (χ0n) is 36.7. The SMILES string of the molecule is CCCCCCc1c(-c2ccc(B3OC(C)(C)C(C)(C)O3)cc2)nc2ccc3nc(-c4ccc(B5OC(C)(C)C(C)(C)O5)cc4)c(CCCCCC)c4ccc1c2c34. The largest absolute Gasteiger partial charge is 0.494 e. The Hall–Kier alpha value is -3.81. The number of benzene rings is 4. The fraction of sp³-hybridized carbons (Fsp3) is 0.480. The number of aryl methyl sites for hydroxylation is 2. The molecule has 2 aliphatic heterocycles. The second-order valence-electron chi connectivity index (χ2n) is 18.9. The van der Waals surface area contributed by atoms with Crippen molar-refractivity contribution in [1.29, 1.82) is 0 Å². The Morgan fingerprint density at radius 1 is 0.431 bits per heavy atom. The molecule has 0 aliphatic carbocycles. The van der Waals surface area contributed by atoms with Crippen molar-refractivity contribution < 1.29 is 18.6 Å². The molecule has 2 saturated heterocycles. The Bertz CT molecular complexity index is 2200. The zero-order valence-corrected chi connectivity index (χ0v) is 36.7. The van der Waals surface area contributed by atoms with E-state index in [0.29, 0.717) is 0 Å². The summed E-state index contributed by atoms with van der Waals surface area (Å²) < 4.78 is 25.6. The molecule has 2 aromatic heterocycles. The number of rotatable bonds is 14. The number of hydrogen-bond acceptors (Lipinski definition) is 6. The van der Waals surface area contributed by atoms with Crippen LogP contribution in [-0.2, 0) is 31.5 Å². The third-order valence-electron chi connectivity index (χ3n) is 13.8. The van der Waals surface area contributed by atoms with Crippen LogP contribution < -0.4 is 10.9 Å². The monoisotopic (exact) mass is 776 g/mol. The van der Waals surface area contributed by atoms with Gasteiger partial charge in [0.1, 0.15) is 0 Å². The third kappa shape index (κ3) is 7.37. The summed E-state index contributed by atoms with van der Waals surface area (Å²) in [6.45, 7) is 21.4. The average Bonchev–Trinajstić information content (AvgIpc) is 3.56. The molecule has 0 atom stereocenters. The summed E-state index contributed by atoms with van der Waals surface area (Å²) in [5, 5.41) is 5.07. The number of aromatic nitrogens is 2. The average molecular weight is 777 g/mol. The standard InChI is InChI=1S/C50H62B2N2O4/c1-11-13-15-17-19-39-37-29-30-38-40(20-18-16-14-12-2)46(34-23-27-36(28-24-34)52-57-49(7,8)50(9,10)58-52)54-42-32-31-41(43(37)44(38)42)53-45(39)33-21-25-35(26-22-33)51-55-47(3,4)48(5,6)56-51/h21-32H,11-20H2,1-10H3. The summed E-state index contributed by atoms with van der Waals surface area (Å²) in [5.74, 6) is 0. The molecule has 58 heavy (non-hydrogen) atoms. The van der Waals surface area contributed by atoms with Crippen LogP contribution in [0.5, 0.6) is 0 Å². The van der Waals surface area contributed by atoms with Crippen LogP contribution in [-0.4, -0.2) is 46.6 Å². The molecular weight excluding hydrogens is 714 g/mol. The minimum absolute atomic E-state index is 0.386. The van der Waals surface area contributed by atoms with Crippen LogP contribution in [0.1, 0.15) is 132 Å². The van der Waals surface area contributed by atoms with E-state index in [1.807, 2.05) is 0 Å². The number of unbranched alkanes of at least 4 members (excludes halogenated alkanes) is 6. The summed E-state index contributed by atoms with van der Waals surface area (Å²) in [4.78, 5) is 11.0. The van der Waals surface area contributed by atoms with E-state index in [0.717, 1.165) is 70.2 Å². The van der Waals surface area contributed by atoms with Gasteiger partial charge in [0.05, 0.1) is 44.8 Å². The van der Waals surface area contributed by atoms with E-state index in [-0.39, 0.29) is 22.4 Å². The summed E-state index contributed by atoms with van der Waals surface area (Å²) in [5.41, 5.74) is 9.59. The summed E-state index contributed by atoms with van der Waals surface area (Å²) in [6, 6.07) is 26.6. The van der Waals surface area contributed by atoms with Gasteiger partial charge in [-0.1, -0.05) is 113 Å². The Kier molecular flexibility index (Phi) is 11.1. The summed E-state index contributed by atoms with van der Waals surface area (Å²) in [6.07, 6.45) is 11.5. The van der Waals surface area contributed by atoms with Crippen molar-refractivity contribution in [2.45, 2.75) is 156 Å². The van der Waals surface area contributed by atoms with Crippen LogP contribution in [0.15, 0.2) is 72.8 Å². The lowest BCUT2D eigenvalue weighted by Crippen LogP contribution is -2.41. The highest BCUT2D eigenvalue weighted by Crippen LogP contribution is 2.43. The van der Waals surface area contributed by atoms with Crippen molar-refractivity contribution in [3.8, 4) is 22.5 Å². The quantitative estimate of drug-likeness (QED) is 0.0624. The predicted octanol–water partition coefficient (Wildman–Crippen LogP) is 11.6. The molecule has 4 heterocycles. The molecule has 6 nitrogen and oxygen atoms in total. The minimum Gasteiger partial charge on any atom is -0.399 e. The van der Waals surface area contributed by atoms with Crippen LogP contribution >= 0.6 is 0 Å². The Balaban J connectivity index is 1.22. The topological polar surface area (TPSA) is 62.7 Å². The summed E-state index contributed by atoms with van der Waals surface area (Å²) >= 11 is 0. The van der Waals surface area contributed by atoms with Crippen LogP contribution in [0.4, 0.5) is 0 Å².